The Labute approximate surface area is 138 Å². The molecule has 0 unspecified atom stereocenters. The number of hydrogen-bond acceptors (Lipinski definition) is 4. The average Bonchev–Trinajstić information content (AvgIpc) is 2.63. The molecule has 0 aliphatic carbocycles. The third kappa shape index (κ3) is 4.24. The van der Waals surface area contributed by atoms with Crippen molar-refractivity contribution in [2.45, 2.75) is 37.8 Å². The molecule has 0 radical (unpaired) electrons. The highest BCUT2D eigenvalue weighted by Crippen LogP contribution is 2.19. The van der Waals surface area contributed by atoms with Crippen LogP contribution in [0.25, 0.3) is 0 Å². The highest BCUT2D eigenvalue weighted by Gasteiger charge is 2.26. The molecule has 2 aliphatic rings. The number of methoxy groups -OCH3 is 1. The standard InChI is InChI=1S/C18H27N3O2/c1-23-17-4-2-3-14(13-17)18(22)20-15-7-11-21(12-8-15)16-5-9-19-10-6-16/h2-4,13,15-16,19H,5-12H2,1H3,(H,20,22). The monoisotopic (exact) mass is 317 g/mol. The fourth-order valence-electron chi connectivity index (χ4n) is 3.61. The summed E-state index contributed by atoms with van der Waals surface area (Å²) in [5.41, 5.74) is 0.671. The average molecular weight is 317 g/mol. The van der Waals surface area contributed by atoms with Crippen molar-refractivity contribution in [2.75, 3.05) is 33.3 Å². The van der Waals surface area contributed by atoms with Gasteiger partial charge in [-0.15, -0.1) is 0 Å². The molecule has 126 valence electrons. The van der Waals surface area contributed by atoms with Gasteiger partial charge >= 0.3 is 0 Å². The Hall–Kier alpha value is -1.59. The maximum absolute atomic E-state index is 12.4. The SMILES string of the molecule is COc1cccc(C(=O)NC2CCN(C3CCNCC3)CC2)c1. The number of ether oxygens (including phenoxy) is 1. The van der Waals surface area contributed by atoms with Gasteiger partial charge in [0, 0.05) is 30.7 Å². The maximum Gasteiger partial charge on any atom is 0.251 e. The van der Waals surface area contributed by atoms with Crippen LogP contribution < -0.4 is 15.4 Å². The zero-order valence-electron chi connectivity index (χ0n) is 13.9. The van der Waals surface area contributed by atoms with Crippen molar-refractivity contribution in [2.24, 2.45) is 0 Å². The van der Waals surface area contributed by atoms with Crippen molar-refractivity contribution in [3.8, 4) is 5.75 Å². The zero-order valence-corrected chi connectivity index (χ0v) is 13.9. The molecule has 1 aromatic carbocycles. The number of carbonyl (C=O) groups excluding carboxylic acids is 1. The second-order valence-electron chi connectivity index (χ2n) is 6.50. The predicted molar refractivity (Wildman–Crippen MR) is 90.9 cm³/mol. The van der Waals surface area contributed by atoms with E-state index in [1.807, 2.05) is 18.2 Å². The number of carbonyl (C=O) groups is 1. The summed E-state index contributed by atoms with van der Waals surface area (Å²) in [6, 6.07) is 8.35. The topological polar surface area (TPSA) is 53.6 Å². The Morgan fingerprint density at radius 2 is 1.96 bits per heavy atom. The van der Waals surface area contributed by atoms with Crippen LogP contribution in [-0.4, -0.2) is 56.2 Å². The van der Waals surface area contributed by atoms with E-state index in [0.717, 1.165) is 50.8 Å². The first-order valence-corrected chi connectivity index (χ1v) is 8.66. The van der Waals surface area contributed by atoms with Crippen molar-refractivity contribution in [1.82, 2.24) is 15.5 Å². The molecule has 5 nitrogen and oxygen atoms in total. The summed E-state index contributed by atoms with van der Waals surface area (Å²) in [7, 11) is 1.62. The van der Waals surface area contributed by atoms with E-state index in [4.69, 9.17) is 4.74 Å². The summed E-state index contributed by atoms with van der Waals surface area (Å²) in [6.07, 6.45) is 4.58. The van der Waals surface area contributed by atoms with E-state index in [9.17, 15) is 4.79 Å². The molecule has 0 saturated carbocycles. The van der Waals surface area contributed by atoms with Gasteiger partial charge in [0.05, 0.1) is 7.11 Å². The summed E-state index contributed by atoms with van der Waals surface area (Å²) in [5, 5.41) is 6.60. The molecular formula is C18H27N3O2. The normalized spacial score (nSPS) is 21.1. The third-order valence-electron chi connectivity index (χ3n) is 5.02. The van der Waals surface area contributed by atoms with E-state index in [2.05, 4.69) is 15.5 Å². The summed E-state index contributed by atoms with van der Waals surface area (Å²) in [6.45, 7) is 4.45. The Kier molecular flexibility index (Phi) is 5.51. The van der Waals surface area contributed by atoms with Gasteiger partial charge < -0.3 is 20.3 Å². The molecule has 2 N–H and O–H groups in total. The van der Waals surface area contributed by atoms with E-state index >= 15 is 0 Å². The van der Waals surface area contributed by atoms with Crippen molar-refractivity contribution >= 4 is 5.91 Å². The van der Waals surface area contributed by atoms with E-state index in [1.54, 1.807) is 13.2 Å². The number of nitrogens with one attached hydrogen (secondary N) is 2. The van der Waals surface area contributed by atoms with Crippen LogP contribution in [0.5, 0.6) is 5.75 Å². The molecule has 2 heterocycles. The van der Waals surface area contributed by atoms with Crippen molar-refractivity contribution in [3.05, 3.63) is 29.8 Å². The van der Waals surface area contributed by atoms with Gasteiger partial charge in [0.25, 0.3) is 5.91 Å². The number of amides is 1. The van der Waals surface area contributed by atoms with Gasteiger partial charge in [-0.2, -0.15) is 0 Å². The molecule has 3 rings (SSSR count). The molecule has 1 aromatic rings. The van der Waals surface area contributed by atoms with E-state index in [0.29, 0.717) is 5.56 Å². The summed E-state index contributed by atoms with van der Waals surface area (Å²) < 4.78 is 5.18. The molecule has 0 spiro atoms. The van der Waals surface area contributed by atoms with Crippen LogP contribution in [0.15, 0.2) is 24.3 Å². The smallest absolute Gasteiger partial charge is 0.251 e. The summed E-state index contributed by atoms with van der Waals surface area (Å²) in [4.78, 5) is 15.0. The molecule has 23 heavy (non-hydrogen) atoms. The summed E-state index contributed by atoms with van der Waals surface area (Å²) >= 11 is 0. The zero-order chi connectivity index (χ0) is 16.1. The van der Waals surface area contributed by atoms with Crippen LogP contribution in [0, 0.1) is 0 Å². The molecule has 5 heteroatoms. The minimum Gasteiger partial charge on any atom is -0.497 e. The van der Waals surface area contributed by atoms with Crippen LogP contribution >= 0.6 is 0 Å². The number of benzene rings is 1. The number of rotatable bonds is 4. The Bertz CT molecular complexity index is 521. The van der Waals surface area contributed by atoms with Crippen LogP contribution in [0.3, 0.4) is 0 Å². The lowest BCUT2D eigenvalue weighted by Gasteiger charge is -2.39. The molecule has 0 atom stereocenters. The third-order valence-corrected chi connectivity index (χ3v) is 5.02. The second-order valence-corrected chi connectivity index (χ2v) is 6.50. The van der Waals surface area contributed by atoms with Gasteiger partial charge in [-0.1, -0.05) is 6.07 Å². The van der Waals surface area contributed by atoms with Gasteiger partial charge in [-0.25, -0.2) is 0 Å². The minimum absolute atomic E-state index is 0.00390. The van der Waals surface area contributed by atoms with Crippen LogP contribution in [0.1, 0.15) is 36.0 Å². The van der Waals surface area contributed by atoms with Gasteiger partial charge in [-0.05, 0) is 57.0 Å². The predicted octanol–water partition coefficient (Wildman–Crippen LogP) is 1.64. The highest BCUT2D eigenvalue weighted by molar-refractivity contribution is 5.94. The van der Waals surface area contributed by atoms with Gasteiger partial charge in [0.15, 0.2) is 0 Å². The fraction of sp³-hybridized carbons (Fsp3) is 0.611. The van der Waals surface area contributed by atoms with Crippen LogP contribution in [0.2, 0.25) is 0 Å². The molecule has 1 amide bonds. The second kappa shape index (κ2) is 7.79. The quantitative estimate of drug-likeness (QED) is 0.886. The molecule has 2 aliphatic heterocycles. The van der Waals surface area contributed by atoms with Crippen LogP contribution in [-0.2, 0) is 0 Å². The molecular weight excluding hydrogens is 290 g/mol. The minimum atomic E-state index is 0.00390. The number of hydrogen-bond donors (Lipinski definition) is 2. The van der Waals surface area contributed by atoms with Gasteiger partial charge in [-0.3, -0.25) is 4.79 Å². The number of likely N-dealkylation sites (tertiary alicyclic amines) is 1. The van der Waals surface area contributed by atoms with E-state index < -0.39 is 0 Å². The van der Waals surface area contributed by atoms with Gasteiger partial charge in [0.1, 0.15) is 5.75 Å². The molecule has 0 bridgehead atoms. The lowest BCUT2D eigenvalue weighted by atomic mass is 9.98. The Morgan fingerprint density at radius 3 is 2.65 bits per heavy atom. The van der Waals surface area contributed by atoms with E-state index in [-0.39, 0.29) is 11.9 Å². The lowest BCUT2D eigenvalue weighted by molar-refractivity contribution is 0.0871. The van der Waals surface area contributed by atoms with Crippen molar-refractivity contribution < 1.29 is 9.53 Å². The summed E-state index contributed by atoms with van der Waals surface area (Å²) in [5.74, 6) is 0.725. The largest absolute Gasteiger partial charge is 0.497 e. The first kappa shape index (κ1) is 16.3. The molecule has 2 saturated heterocycles. The van der Waals surface area contributed by atoms with Crippen molar-refractivity contribution in [1.29, 1.82) is 0 Å². The maximum atomic E-state index is 12.4. The van der Waals surface area contributed by atoms with E-state index in [1.165, 1.54) is 12.8 Å². The highest BCUT2D eigenvalue weighted by atomic mass is 16.5. The Morgan fingerprint density at radius 1 is 1.22 bits per heavy atom. The number of piperidine rings is 2. The molecule has 0 aromatic heterocycles. The first-order chi connectivity index (χ1) is 11.3. The molecule has 2 fully saturated rings. The van der Waals surface area contributed by atoms with Crippen LogP contribution in [0.4, 0.5) is 0 Å². The first-order valence-electron chi connectivity index (χ1n) is 8.66. The lowest BCUT2D eigenvalue weighted by Crippen LogP contribution is -2.50. The number of nitrogens with zero attached hydrogens (tertiary/aromatic N) is 1. The van der Waals surface area contributed by atoms with Crippen molar-refractivity contribution in [3.63, 3.8) is 0 Å². The Balaban J connectivity index is 1.49. The van der Waals surface area contributed by atoms with Gasteiger partial charge in [0.2, 0.25) is 0 Å². The fourth-order valence-corrected chi connectivity index (χ4v) is 3.61.